The van der Waals surface area contributed by atoms with Gasteiger partial charge in [0.05, 0.1) is 12.7 Å². The minimum atomic E-state index is -0.284. The molecule has 0 saturated heterocycles. The van der Waals surface area contributed by atoms with Crippen LogP contribution in [0.25, 0.3) is 0 Å². The van der Waals surface area contributed by atoms with Crippen molar-refractivity contribution >= 4 is 11.5 Å². The fourth-order valence-electron chi connectivity index (χ4n) is 3.19. The van der Waals surface area contributed by atoms with Crippen molar-refractivity contribution in [2.75, 3.05) is 19.0 Å². The molecule has 0 spiro atoms. The maximum atomic E-state index is 13.4. The van der Waals surface area contributed by atoms with Gasteiger partial charge in [0.2, 0.25) is 0 Å². The van der Waals surface area contributed by atoms with E-state index < -0.39 is 0 Å². The third-order valence-electron chi connectivity index (χ3n) is 4.56. The predicted molar refractivity (Wildman–Crippen MR) is 97.0 cm³/mol. The van der Waals surface area contributed by atoms with Crippen LogP contribution in [-0.4, -0.2) is 23.7 Å². The highest BCUT2D eigenvalue weighted by atomic mass is 19.1. The van der Waals surface area contributed by atoms with E-state index in [-0.39, 0.29) is 5.82 Å². The van der Waals surface area contributed by atoms with Crippen molar-refractivity contribution in [1.82, 2.24) is 10.1 Å². The molecule has 0 bridgehead atoms. The Hall–Kier alpha value is -2.86. The summed E-state index contributed by atoms with van der Waals surface area (Å²) in [7, 11) is 1.67. The molecule has 3 aromatic rings. The Bertz CT molecular complexity index is 892. The van der Waals surface area contributed by atoms with E-state index in [1.165, 1.54) is 17.7 Å². The van der Waals surface area contributed by atoms with Crippen molar-refractivity contribution < 1.29 is 13.7 Å². The zero-order valence-electron chi connectivity index (χ0n) is 14.5. The number of ether oxygens (including phenoxy) is 1. The first-order chi connectivity index (χ1) is 12.7. The molecule has 0 unspecified atom stereocenters. The number of nitrogens with one attached hydrogen (secondary N) is 1. The minimum absolute atomic E-state index is 0.284. The predicted octanol–water partition coefficient (Wildman–Crippen LogP) is 4.12. The van der Waals surface area contributed by atoms with E-state index >= 15 is 0 Å². The van der Waals surface area contributed by atoms with Crippen molar-refractivity contribution in [1.29, 1.82) is 0 Å². The summed E-state index contributed by atoms with van der Waals surface area (Å²) >= 11 is 0. The van der Waals surface area contributed by atoms with Crippen molar-refractivity contribution in [3.63, 3.8) is 0 Å². The highest BCUT2D eigenvalue weighted by molar-refractivity contribution is 5.59. The number of methoxy groups -OCH3 is 1. The monoisotopic (exact) mass is 353 g/mol. The maximum absolute atomic E-state index is 13.4. The van der Waals surface area contributed by atoms with Gasteiger partial charge in [-0.1, -0.05) is 23.4 Å². The average molecular weight is 353 g/mol. The van der Waals surface area contributed by atoms with E-state index in [2.05, 4.69) is 27.5 Å². The van der Waals surface area contributed by atoms with E-state index in [4.69, 9.17) is 9.26 Å². The van der Waals surface area contributed by atoms with Gasteiger partial charge >= 0.3 is 0 Å². The van der Waals surface area contributed by atoms with Crippen molar-refractivity contribution in [2.45, 2.75) is 19.5 Å². The molecule has 134 valence electrons. The zero-order chi connectivity index (χ0) is 17.9. The Labute approximate surface area is 151 Å². The van der Waals surface area contributed by atoms with E-state index in [1.54, 1.807) is 13.2 Å². The van der Waals surface area contributed by atoms with Crippen LogP contribution >= 0.6 is 0 Å². The molecule has 0 fully saturated rings. The van der Waals surface area contributed by atoms with Gasteiger partial charge in [-0.05, 0) is 35.9 Å². The molecule has 0 atom stereocenters. The lowest BCUT2D eigenvalue weighted by molar-refractivity contribution is 0.228. The van der Waals surface area contributed by atoms with Gasteiger partial charge < -0.3 is 14.6 Å². The van der Waals surface area contributed by atoms with Crippen LogP contribution in [-0.2, 0) is 19.5 Å². The second kappa shape index (κ2) is 7.17. The van der Waals surface area contributed by atoms with Crippen LogP contribution in [0.5, 0.6) is 5.75 Å². The van der Waals surface area contributed by atoms with Crippen molar-refractivity contribution in [3.05, 3.63) is 71.2 Å². The number of benzene rings is 2. The van der Waals surface area contributed by atoms with Crippen LogP contribution in [0.4, 0.5) is 15.9 Å². The summed E-state index contributed by atoms with van der Waals surface area (Å²) < 4.78 is 24.1. The van der Waals surface area contributed by atoms with Gasteiger partial charge in [0.15, 0.2) is 5.82 Å². The number of fused-ring (bicyclic) bond motifs is 1. The Morgan fingerprint density at radius 2 is 2.08 bits per heavy atom. The molecule has 0 amide bonds. The first-order valence-electron chi connectivity index (χ1n) is 8.56. The molecule has 0 radical (unpaired) electrons. The molecule has 2 aromatic carbocycles. The van der Waals surface area contributed by atoms with Crippen LogP contribution in [0, 0.1) is 5.82 Å². The molecule has 5 nitrogen and oxygen atoms in total. The number of aromatic nitrogens is 1. The SMILES string of the molecule is COc1ccc(CN2CCc3onc(Nc4cccc(F)c4)c3C2)cc1. The van der Waals surface area contributed by atoms with Crippen LogP contribution in [0.15, 0.2) is 53.1 Å². The summed E-state index contributed by atoms with van der Waals surface area (Å²) in [6.07, 6.45) is 0.809. The molecule has 1 aliphatic rings. The molecule has 4 rings (SSSR count). The van der Waals surface area contributed by atoms with E-state index in [0.29, 0.717) is 11.5 Å². The largest absolute Gasteiger partial charge is 0.497 e. The normalized spacial score (nSPS) is 14.1. The number of rotatable bonds is 5. The lowest BCUT2D eigenvalue weighted by Crippen LogP contribution is -2.29. The average Bonchev–Trinajstić information content (AvgIpc) is 3.05. The molecular weight excluding hydrogens is 333 g/mol. The Morgan fingerprint density at radius 1 is 1.23 bits per heavy atom. The number of halogens is 1. The lowest BCUT2D eigenvalue weighted by Gasteiger charge is -2.26. The molecule has 2 heterocycles. The summed E-state index contributed by atoms with van der Waals surface area (Å²) in [5.74, 6) is 2.13. The van der Waals surface area contributed by atoms with Gasteiger partial charge in [0.25, 0.3) is 0 Å². The molecule has 0 aliphatic carbocycles. The fraction of sp³-hybridized carbons (Fsp3) is 0.250. The second-order valence-electron chi connectivity index (χ2n) is 6.38. The standard InChI is InChI=1S/C20H20FN3O2/c1-25-17-7-5-14(6-8-17)12-24-10-9-19-18(13-24)20(23-26-19)22-16-4-2-3-15(21)11-16/h2-8,11H,9-10,12-13H2,1H3,(H,22,23). The summed E-state index contributed by atoms with van der Waals surface area (Å²) in [5, 5.41) is 7.30. The van der Waals surface area contributed by atoms with Gasteiger partial charge in [-0.3, -0.25) is 4.90 Å². The Balaban J connectivity index is 1.48. The first-order valence-corrected chi connectivity index (χ1v) is 8.56. The van der Waals surface area contributed by atoms with Crippen molar-refractivity contribution in [3.8, 4) is 5.75 Å². The Kier molecular flexibility index (Phi) is 4.58. The van der Waals surface area contributed by atoms with E-state index in [1.807, 2.05) is 18.2 Å². The van der Waals surface area contributed by atoms with Gasteiger partial charge in [0.1, 0.15) is 17.3 Å². The molecule has 26 heavy (non-hydrogen) atoms. The van der Waals surface area contributed by atoms with Gasteiger partial charge in [0, 0.05) is 31.7 Å². The molecule has 6 heteroatoms. The quantitative estimate of drug-likeness (QED) is 0.748. The molecule has 1 N–H and O–H groups in total. The number of hydrogen-bond acceptors (Lipinski definition) is 5. The summed E-state index contributed by atoms with van der Waals surface area (Å²) in [6, 6.07) is 14.4. The topological polar surface area (TPSA) is 50.5 Å². The van der Waals surface area contributed by atoms with E-state index in [0.717, 1.165) is 43.1 Å². The molecule has 1 aliphatic heterocycles. The number of anilines is 2. The van der Waals surface area contributed by atoms with Crippen LogP contribution in [0.2, 0.25) is 0 Å². The van der Waals surface area contributed by atoms with Crippen LogP contribution in [0.3, 0.4) is 0 Å². The zero-order valence-corrected chi connectivity index (χ0v) is 14.5. The van der Waals surface area contributed by atoms with Gasteiger partial charge in [-0.2, -0.15) is 0 Å². The number of hydrogen-bond donors (Lipinski definition) is 1. The number of nitrogens with zero attached hydrogens (tertiary/aromatic N) is 2. The molecular formula is C20H20FN3O2. The molecule has 0 saturated carbocycles. The highest BCUT2D eigenvalue weighted by Gasteiger charge is 2.24. The second-order valence-corrected chi connectivity index (χ2v) is 6.38. The fourth-order valence-corrected chi connectivity index (χ4v) is 3.19. The van der Waals surface area contributed by atoms with Crippen LogP contribution < -0.4 is 10.1 Å². The Morgan fingerprint density at radius 3 is 2.85 bits per heavy atom. The third-order valence-corrected chi connectivity index (χ3v) is 4.56. The first kappa shape index (κ1) is 16.6. The lowest BCUT2D eigenvalue weighted by atomic mass is 10.1. The van der Waals surface area contributed by atoms with Crippen molar-refractivity contribution in [2.24, 2.45) is 0 Å². The summed E-state index contributed by atoms with van der Waals surface area (Å²) in [5.41, 5.74) is 2.92. The summed E-state index contributed by atoms with van der Waals surface area (Å²) in [6.45, 7) is 2.49. The minimum Gasteiger partial charge on any atom is -0.497 e. The smallest absolute Gasteiger partial charge is 0.178 e. The highest BCUT2D eigenvalue weighted by Crippen LogP contribution is 2.29. The third kappa shape index (κ3) is 3.55. The maximum Gasteiger partial charge on any atom is 0.178 e. The van der Waals surface area contributed by atoms with Gasteiger partial charge in [-0.25, -0.2) is 4.39 Å². The molecule has 1 aromatic heterocycles. The van der Waals surface area contributed by atoms with Gasteiger partial charge in [-0.15, -0.1) is 0 Å². The van der Waals surface area contributed by atoms with Crippen LogP contribution in [0.1, 0.15) is 16.9 Å². The van der Waals surface area contributed by atoms with E-state index in [9.17, 15) is 4.39 Å². The summed E-state index contributed by atoms with van der Waals surface area (Å²) in [4.78, 5) is 2.35.